The van der Waals surface area contributed by atoms with E-state index in [0.717, 1.165) is 36.5 Å². The monoisotopic (exact) mass is 340 g/mol. The van der Waals surface area contributed by atoms with Crippen molar-refractivity contribution in [2.75, 3.05) is 20.6 Å². The van der Waals surface area contributed by atoms with Crippen molar-refractivity contribution < 1.29 is 0 Å². The van der Waals surface area contributed by atoms with Crippen molar-refractivity contribution in [1.82, 2.24) is 9.88 Å². The van der Waals surface area contributed by atoms with Crippen LogP contribution in [-0.2, 0) is 0 Å². The van der Waals surface area contributed by atoms with Gasteiger partial charge in [-0.3, -0.25) is 0 Å². The topological polar surface area (TPSA) is 16.1 Å². The molecule has 0 N–H and O–H groups in total. The van der Waals surface area contributed by atoms with Gasteiger partial charge < -0.3 is 4.90 Å². The highest BCUT2D eigenvalue weighted by Gasteiger charge is 1.94. The maximum atomic E-state index is 4.58. The van der Waals surface area contributed by atoms with E-state index in [1.165, 1.54) is 5.57 Å². The first kappa shape index (κ1) is 20.2. The fourth-order valence-electron chi connectivity index (χ4n) is 2.02. The molecular formula is C21H28N2S. The molecule has 0 aromatic carbocycles. The predicted octanol–water partition coefficient (Wildman–Crippen LogP) is 5.27. The Bertz CT molecular complexity index is 656. The third kappa shape index (κ3) is 9.99. The van der Waals surface area contributed by atoms with Crippen LogP contribution in [0.4, 0.5) is 0 Å². The Morgan fingerprint density at radius 2 is 2.12 bits per heavy atom. The number of nitrogens with zero attached hydrogens (tertiary/aromatic N) is 2. The molecule has 2 nitrogen and oxygen atoms in total. The summed E-state index contributed by atoms with van der Waals surface area (Å²) in [6.45, 7) is 5.25. The summed E-state index contributed by atoms with van der Waals surface area (Å²) in [5.41, 5.74) is 2.22. The Labute approximate surface area is 151 Å². The zero-order chi connectivity index (χ0) is 17.6. The first-order valence-corrected chi connectivity index (χ1v) is 9.27. The summed E-state index contributed by atoms with van der Waals surface area (Å²) in [6, 6.07) is 8.02. The lowest BCUT2D eigenvalue weighted by atomic mass is 10.1. The molecular weight excluding hydrogens is 312 g/mol. The van der Waals surface area contributed by atoms with Crippen LogP contribution in [0.2, 0.25) is 0 Å². The molecule has 0 aliphatic heterocycles. The normalized spacial score (nSPS) is 11.3. The van der Waals surface area contributed by atoms with Gasteiger partial charge in [-0.2, -0.15) is 0 Å². The number of aryl methyl sites for hydroxylation is 1. The van der Waals surface area contributed by atoms with Gasteiger partial charge in [-0.05, 0) is 76.0 Å². The van der Waals surface area contributed by atoms with Crippen LogP contribution in [0.5, 0.6) is 0 Å². The third-order valence-corrected chi connectivity index (χ3v) is 3.92. The molecule has 24 heavy (non-hydrogen) atoms. The van der Waals surface area contributed by atoms with Gasteiger partial charge in [0.15, 0.2) is 0 Å². The van der Waals surface area contributed by atoms with Gasteiger partial charge in [0, 0.05) is 5.69 Å². The van der Waals surface area contributed by atoms with Crippen molar-refractivity contribution in [3.63, 3.8) is 0 Å². The maximum Gasteiger partial charge on any atom is 0.116 e. The Balaban J connectivity index is 2.78. The smallest absolute Gasteiger partial charge is 0.116 e. The van der Waals surface area contributed by atoms with Crippen LogP contribution in [0.25, 0.3) is 6.08 Å². The molecule has 0 spiro atoms. The molecule has 1 aromatic rings. The van der Waals surface area contributed by atoms with E-state index >= 15 is 0 Å². The van der Waals surface area contributed by atoms with Gasteiger partial charge in [-0.15, -0.1) is 11.3 Å². The van der Waals surface area contributed by atoms with E-state index in [2.05, 4.69) is 48.8 Å². The second-order valence-corrected chi connectivity index (χ2v) is 6.66. The van der Waals surface area contributed by atoms with Crippen LogP contribution in [0, 0.1) is 18.8 Å². The average Bonchev–Trinajstić information content (AvgIpc) is 2.63. The van der Waals surface area contributed by atoms with Crippen molar-refractivity contribution in [3.8, 4) is 11.8 Å². The minimum Gasteiger partial charge on any atom is -0.309 e. The quantitative estimate of drug-likeness (QED) is 0.656. The van der Waals surface area contributed by atoms with Gasteiger partial charge in [0.25, 0.3) is 0 Å². The average molecular weight is 341 g/mol. The van der Waals surface area contributed by atoms with Crippen LogP contribution in [0.1, 0.15) is 36.9 Å². The molecule has 1 aromatic heterocycles. The lowest BCUT2D eigenvalue weighted by Crippen LogP contribution is -2.12. The van der Waals surface area contributed by atoms with Crippen molar-refractivity contribution in [2.45, 2.75) is 33.1 Å². The minimum atomic E-state index is 0.951. The van der Waals surface area contributed by atoms with E-state index in [1.54, 1.807) is 11.3 Å². The van der Waals surface area contributed by atoms with Gasteiger partial charge in [0.2, 0.25) is 0 Å². The van der Waals surface area contributed by atoms with E-state index in [0.29, 0.717) is 0 Å². The number of aromatic nitrogens is 1. The van der Waals surface area contributed by atoms with E-state index in [1.807, 2.05) is 48.7 Å². The highest BCUT2D eigenvalue weighted by Crippen LogP contribution is 2.07. The van der Waals surface area contributed by atoms with Crippen LogP contribution in [-0.4, -0.2) is 30.5 Å². The molecule has 0 atom stereocenters. The number of rotatable bonds is 6. The first-order valence-electron chi connectivity index (χ1n) is 8.39. The van der Waals surface area contributed by atoms with E-state index in [-0.39, 0.29) is 0 Å². The standard InChI is InChI=1S/C21H28N2S/c1-5-12-20(15-11-17-23(3)4)14-8-9-16-21-22-19(2)13-7-6-10-18-24-21/h6-7,9-10,12-13,16,18H,5,11,15,17H2,1-4H3/b7-6?,16-9+,18-10?,19-13?,20-12-,22-21?. The molecule has 0 aliphatic rings. The molecule has 0 radical (unpaired) electrons. The van der Waals surface area contributed by atoms with Crippen molar-refractivity contribution in [2.24, 2.45) is 0 Å². The fourth-order valence-corrected chi connectivity index (χ4v) is 2.67. The van der Waals surface area contributed by atoms with Crippen LogP contribution in [0.15, 0.2) is 47.4 Å². The van der Waals surface area contributed by atoms with E-state index < -0.39 is 0 Å². The van der Waals surface area contributed by atoms with E-state index in [4.69, 9.17) is 0 Å². The first-order chi connectivity index (χ1) is 11.6. The summed E-state index contributed by atoms with van der Waals surface area (Å²) in [5.74, 6) is 6.44. The Morgan fingerprint density at radius 3 is 2.88 bits per heavy atom. The summed E-state index contributed by atoms with van der Waals surface area (Å²) < 4.78 is 0. The predicted molar refractivity (Wildman–Crippen MR) is 107 cm³/mol. The minimum absolute atomic E-state index is 0.951. The summed E-state index contributed by atoms with van der Waals surface area (Å²) in [7, 11) is 4.21. The molecule has 0 unspecified atom stereocenters. The van der Waals surface area contributed by atoms with Crippen molar-refractivity contribution in [1.29, 1.82) is 0 Å². The van der Waals surface area contributed by atoms with Crippen molar-refractivity contribution >= 4 is 17.4 Å². The van der Waals surface area contributed by atoms with Crippen LogP contribution >= 0.6 is 11.3 Å². The fraction of sp³-hybridized carbons (Fsp3) is 0.381. The SMILES string of the molecule is CC/C=C(/C#C/C=C/c1nc(C)cccccs1)CCCN(C)C. The molecule has 1 rings (SSSR count). The number of hydrogen-bond donors (Lipinski definition) is 0. The van der Waals surface area contributed by atoms with Gasteiger partial charge in [0.05, 0.1) is 0 Å². The lowest BCUT2D eigenvalue weighted by Gasteiger charge is -2.08. The molecule has 3 heteroatoms. The lowest BCUT2D eigenvalue weighted by molar-refractivity contribution is 0.401. The Morgan fingerprint density at radius 1 is 1.29 bits per heavy atom. The van der Waals surface area contributed by atoms with E-state index in [9.17, 15) is 0 Å². The summed E-state index contributed by atoms with van der Waals surface area (Å²) in [4.78, 5) is 6.79. The molecule has 0 saturated carbocycles. The molecule has 1 heterocycles. The zero-order valence-electron chi connectivity index (χ0n) is 15.2. The van der Waals surface area contributed by atoms with Gasteiger partial charge in [0.1, 0.15) is 5.01 Å². The van der Waals surface area contributed by atoms with Gasteiger partial charge in [-0.1, -0.05) is 43.0 Å². The zero-order valence-corrected chi connectivity index (χ0v) is 16.1. The summed E-state index contributed by atoms with van der Waals surface area (Å²) in [5, 5.41) is 2.98. The van der Waals surface area contributed by atoms with Gasteiger partial charge >= 0.3 is 0 Å². The van der Waals surface area contributed by atoms with Crippen molar-refractivity contribution in [3.05, 3.63) is 58.1 Å². The van der Waals surface area contributed by atoms with Crippen LogP contribution in [0.3, 0.4) is 0 Å². The molecule has 0 saturated heterocycles. The number of allylic oxidation sites excluding steroid dienone is 3. The largest absolute Gasteiger partial charge is 0.309 e. The third-order valence-electron chi connectivity index (χ3n) is 3.16. The van der Waals surface area contributed by atoms with Crippen LogP contribution < -0.4 is 0 Å². The number of hydrogen-bond acceptors (Lipinski definition) is 3. The molecule has 0 aliphatic carbocycles. The van der Waals surface area contributed by atoms with Gasteiger partial charge in [-0.25, -0.2) is 4.98 Å². The second kappa shape index (κ2) is 12.5. The molecule has 0 fully saturated rings. The highest BCUT2D eigenvalue weighted by molar-refractivity contribution is 7.10. The highest BCUT2D eigenvalue weighted by atomic mass is 32.1. The second-order valence-electron chi connectivity index (χ2n) is 5.74. The molecule has 0 amide bonds. The molecule has 128 valence electrons. The Hall–Kier alpha value is -1.89. The Kier molecular flexibility index (Phi) is 10.5. The molecule has 0 bridgehead atoms. The summed E-state index contributed by atoms with van der Waals surface area (Å²) in [6.07, 6.45) is 9.31. The summed E-state index contributed by atoms with van der Waals surface area (Å²) >= 11 is 1.60. The maximum absolute atomic E-state index is 4.58.